The average Bonchev–Trinajstić information content (AvgIpc) is 2.98. The largest absolute Gasteiger partial charge is 0.436 e. The number of anilines is 1. The van der Waals surface area contributed by atoms with Gasteiger partial charge in [-0.25, -0.2) is 15.0 Å². The van der Waals surface area contributed by atoms with Crippen LogP contribution in [0.5, 0.6) is 11.6 Å². The lowest BCUT2D eigenvalue weighted by Crippen LogP contribution is -1.90. The number of fused-ring (bicyclic) bond motifs is 1. The van der Waals surface area contributed by atoms with Crippen molar-refractivity contribution >= 4 is 38.3 Å². The number of halogens is 1. The van der Waals surface area contributed by atoms with Crippen LogP contribution in [0.3, 0.4) is 0 Å². The van der Waals surface area contributed by atoms with E-state index in [1.807, 2.05) is 42.5 Å². The number of nitrogens with zero attached hydrogens (tertiary/aromatic N) is 3. The van der Waals surface area contributed by atoms with Crippen molar-refractivity contribution in [2.75, 3.05) is 5.73 Å². The van der Waals surface area contributed by atoms with E-state index < -0.39 is 0 Å². The first-order valence-corrected chi connectivity index (χ1v) is 8.30. The van der Waals surface area contributed by atoms with Crippen LogP contribution in [0, 0.1) is 0 Å². The monoisotopic (exact) mass is 354 g/mol. The van der Waals surface area contributed by atoms with Crippen molar-refractivity contribution in [1.29, 1.82) is 0 Å². The van der Waals surface area contributed by atoms with Crippen LogP contribution >= 0.6 is 22.9 Å². The lowest BCUT2D eigenvalue weighted by Gasteiger charge is -2.07. The van der Waals surface area contributed by atoms with E-state index in [0.29, 0.717) is 10.9 Å². The minimum absolute atomic E-state index is 0.226. The molecule has 2 N–H and O–H groups in total. The van der Waals surface area contributed by atoms with Crippen molar-refractivity contribution in [3.63, 3.8) is 0 Å². The van der Waals surface area contributed by atoms with Gasteiger partial charge in [-0.05, 0) is 23.8 Å². The van der Waals surface area contributed by atoms with Crippen LogP contribution in [0.25, 0.3) is 21.3 Å². The van der Waals surface area contributed by atoms with E-state index >= 15 is 0 Å². The molecule has 5 nitrogen and oxygen atoms in total. The van der Waals surface area contributed by atoms with E-state index in [9.17, 15) is 0 Å². The van der Waals surface area contributed by atoms with Gasteiger partial charge < -0.3 is 10.5 Å². The minimum Gasteiger partial charge on any atom is -0.436 e. The quantitative estimate of drug-likeness (QED) is 0.573. The van der Waals surface area contributed by atoms with Crippen LogP contribution in [-0.4, -0.2) is 15.0 Å². The molecule has 0 bridgehead atoms. The molecule has 118 valence electrons. The van der Waals surface area contributed by atoms with Gasteiger partial charge in [0.2, 0.25) is 0 Å². The third kappa shape index (κ3) is 2.77. The molecule has 2 heterocycles. The summed E-state index contributed by atoms with van der Waals surface area (Å²) >= 11 is 7.43. The molecule has 0 aliphatic heterocycles. The number of nitrogen functional groups attached to an aromatic ring is 1. The van der Waals surface area contributed by atoms with Crippen LogP contribution in [0.1, 0.15) is 0 Å². The van der Waals surface area contributed by atoms with Crippen LogP contribution in [0.2, 0.25) is 5.15 Å². The van der Waals surface area contributed by atoms with Gasteiger partial charge in [0, 0.05) is 18.0 Å². The van der Waals surface area contributed by atoms with Crippen LogP contribution in [0.4, 0.5) is 5.13 Å². The third-order valence-corrected chi connectivity index (χ3v) is 4.55. The molecular weight excluding hydrogens is 344 g/mol. The van der Waals surface area contributed by atoms with E-state index in [1.165, 1.54) is 23.7 Å². The Hall–Kier alpha value is -2.70. The molecule has 2 aromatic heterocycles. The fourth-order valence-corrected chi connectivity index (χ4v) is 3.29. The molecule has 7 heteroatoms. The highest BCUT2D eigenvalue weighted by Crippen LogP contribution is 2.34. The van der Waals surface area contributed by atoms with Crippen molar-refractivity contribution in [3.8, 4) is 22.8 Å². The van der Waals surface area contributed by atoms with Gasteiger partial charge in [0.15, 0.2) is 10.3 Å². The smallest absolute Gasteiger partial charge is 0.257 e. The maximum Gasteiger partial charge on any atom is 0.257 e. The molecule has 0 radical (unpaired) electrons. The Morgan fingerprint density at radius 3 is 2.58 bits per heavy atom. The Morgan fingerprint density at radius 1 is 1.00 bits per heavy atom. The van der Waals surface area contributed by atoms with Crippen molar-refractivity contribution < 1.29 is 4.74 Å². The predicted molar refractivity (Wildman–Crippen MR) is 96.6 cm³/mol. The zero-order chi connectivity index (χ0) is 16.5. The summed E-state index contributed by atoms with van der Waals surface area (Å²) in [5, 5.41) is 0.791. The summed E-state index contributed by atoms with van der Waals surface area (Å²) in [6.07, 6.45) is 3.04. The van der Waals surface area contributed by atoms with Gasteiger partial charge in [-0.2, -0.15) is 0 Å². The second-order valence-corrected chi connectivity index (χ2v) is 6.40. The van der Waals surface area contributed by atoms with E-state index in [-0.39, 0.29) is 11.0 Å². The molecule has 0 unspecified atom stereocenters. The molecule has 4 aromatic rings. The van der Waals surface area contributed by atoms with Crippen LogP contribution < -0.4 is 10.5 Å². The number of thiazole rings is 1. The molecule has 4 rings (SSSR count). The summed E-state index contributed by atoms with van der Waals surface area (Å²) in [5.41, 5.74) is 8.79. The zero-order valence-corrected chi connectivity index (χ0v) is 13.9. The molecule has 0 amide bonds. The van der Waals surface area contributed by atoms with Gasteiger partial charge in [0.05, 0.1) is 10.2 Å². The van der Waals surface area contributed by atoms with E-state index in [2.05, 4.69) is 15.0 Å². The number of hydrogen-bond acceptors (Lipinski definition) is 6. The number of para-hydroxylation sites is 1. The summed E-state index contributed by atoms with van der Waals surface area (Å²) in [7, 11) is 0. The number of nitrogens with two attached hydrogens (primary N) is 1. The fourth-order valence-electron chi connectivity index (χ4n) is 2.39. The molecule has 0 saturated carbocycles. The Bertz CT molecular complexity index is 1020. The highest BCUT2D eigenvalue weighted by molar-refractivity contribution is 7.22. The minimum atomic E-state index is 0.226. The summed E-state index contributed by atoms with van der Waals surface area (Å²) in [6, 6.07) is 13.7. The second-order valence-electron chi connectivity index (χ2n) is 4.98. The van der Waals surface area contributed by atoms with E-state index in [1.54, 1.807) is 0 Å². The predicted octanol–water partition coefficient (Wildman–Crippen LogP) is 4.78. The van der Waals surface area contributed by atoms with E-state index in [0.717, 1.165) is 21.3 Å². The highest BCUT2D eigenvalue weighted by Gasteiger charge is 2.09. The second kappa shape index (κ2) is 6.07. The number of ether oxygens (including phenoxy) is 1. The first-order chi connectivity index (χ1) is 11.7. The van der Waals surface area contributed by atoms with Gasteiger partial charge in [-0.3, -0.25) is 0 Å². The number of rotatable bonds is 3. The standard InChI is InChI=1S/C17H11ClN4OS/c18-15-16(21-9-8-20-15)23-11-6-4-10(5-7-11)12-2-1-3-13-14(12)22-17(19)24-13/h1-9H,(H2,19,22). The Kier molecular flexibility index (Phi) is 3.76. The molecule has 0 aliphatic rings. The van der Waals surface area contributed by atoms with Gasteiger partial charge >= 0.3 is 0 Å². The van der Waals surface area contributed by atoms with Crippen molar-refractivity contribution in [2.24, 2.45) is 0 Å². The number of hydrogen-bond donors (Lipinski definition) is 1. The normalized spacial score (nSPS) is 10.9. The first kappa shape index (κ1) is 14.9. The molecule has 0 spiro atoms. The van der Waals surface area contributed by atoms with Crippen molar-refractivity contribution in [1.82, 2.24) is 15.0 Å². The van der Waals surface area contributed by atoms with Gasteiger partial charge in [0.1, 0.15) is 5.75 Å². The van der Waals surface area contributed by atoms with Gasteiger partial charge in [-0.1, -0.05) is 47.2 Å². The first-order valence-electron chi connectivity index (χ1n) is 7.10. The molecule has 2 aromatic carbocycles. The topological polar surface area (TPSA) is 73.9 Å². The summed E-state index contributed by atoms with van der Waals surface area (Å²) < 4.78 is 6.72. The fraction of sp³-hybridized carbons (Fsp3) is 0. The maximum absolute atomic E-state index is 5.95. The molecule has 0 saturated heterocycles. The van der Waals surface area contributed by atoms with Gasteiger partial charge in [-0.15, -0.1) is 0 Å². The average molecular weight is 355 g/mol. The van der Waals surface area contributed by atoms with Gasteiger partial charge in [0.25, 0.3) is 5.88 Å². The zero-order valence-electron chi connectivity index (χ0n) is 12.3. The van der Waals surface area contributed by atoms with Crippen molar-refractivity contribution in [3.05, 3.63) is 60.0 Å². The molecule has 0 fully saturated rings. The highest BCUT2D eigenvalue weighted by atomic mass is 35.5. The van der Waals surface area contributed by atoms with E-state index in [4.69, 9.17) is 22.1 Å². The molecule has 0 aliphatic carbocycles. The Morgan fingerprint density at radius 2 is 1.79 bits per heavy atom. The lowest BCUT2D eigenvalue weighted by molar-refractivity contribution is 0.460. The summed E-state index contributed by atoms with van der Waals surface area (Å²) in [6.45, 7) is 0. The molecule has 24 heavy (non-hydrogen) atoms. The number of benzene rings is 2. The third-order valence-electron chi connectivity index (χ3n) is 3.44. The van der Waals surface area contributed by atoms with Crippen molar-refractivity contribution in [2.45, 2.75) is 0 Å². The number of aromatic nitrogens is 3. The maximum atomic E-state index is 5.95. The van der Waals surface area contributed by atoms with Crippen LogP contribution in [-0.2, 0) is 0 Å². The lowest BCUT2D eigenvalue weighted by atomic mass is 10.0. The Labute approximate surface area is 146 Å². The molecular formula is C17H11ClN4OS. The van der Waals surface area contributed by atoms with Crippen LogP contribution in [0.15, 0.2) is 54.9 Å². The Balaban J connectivity index is 1.67. The summed E-state index contributed by atoms with van der Waals surface area (Å²) in [4.78, 5) is 12.4. The SMILES string of the molecule is Nc1nc2c(-c3ccc(Oc4nccnc4Cl)cc3)cccc2s1. The summed E-state index contributed by atoms with van der Waals surface area (Å²) in [5.74, 6) is 0.910. The molecule has 0 atom stereocenters.